The number of hydrogen-bond acceptors (Lipinski definition) is 0. The van der Waals surface area contributed by atoms with E-state index in [1.807, 2.05) is 0 Å². The molecule has 1 N–H and O–H groups in total. The maximum Gasteiger partial charge on any atom is 0.0551 e. The van der Waals surface area contributed by atoms with E-state index in [1.54, 1.807) is 0 Å². The van der Waals surface area contributed by atoms with Crippen LogP contribution in [0.5, 0.6) is 0 Å². The molecule has 7 aromatic carbocycles. The number of H-pyrrole nitrogens is 1. The molecule has 1 heterocycles. The fourth-order valence-corrected chi connectivity index (χ4v) is 6.69. The van der Waals surface area contributed by atoms with Crippen molar-refractivity contribution in [2.75, 3.05) is 0 Å². The Morgan fingerprint density at radius 1 is 0.486 bits per heavy atom. The highest BCUT2D eigenvalue weighted by Crippen LogP contribution is 2.48. The Labute approximate surface area is 204 Å². The van der Waals surface area contributed by atoms with Crippen LogP contribution >= 0.6 is 9.24 Å². The summed E-state index contributed by atoms with van der Waals surface area (Å²) in [5.41, 5.74) is 3.79. The van der Waals surface area contributed by atoms with Crippen LogP contribution in [0.4, 0.5) is 0 Å². The van der Waals surface area contributed by atoms with Gasteiger partial charge in [0.1, 0.15) is 0 Å². The summed E-state index contributed by atoms with van der Waals surface area (Å²) in [6, 6.07) is 37.9. The van der Waals surface area contributed by atoms with Crippen molar-refractivity contribution in [1.29, 1.82) is 0 Å². The van der Waals surface area contributed by atoms with Crippen molar-refractivity contribution >= 4 is 84.9 Å². The average Bonchev–Trinajstić information content (AvgIpc) is 3.32. The summed E-state index contributed by atoms with van der Waals surface area (Å²) in [7, 11) is 2.97. The largest absolute Gasteiger partial charge is 0.354 e. The van der Waals surface area contributed by atoms with Crippen molar-refractivity contribution in [3.8, 4) is 0 Å². The molecule has 1 atom stereocenters. The topological polar surface area (TPSA) is 15.8 Å². The lowest BCUT2D eigenvalue weighted by atomic mass is 9.85. The van der Waals surface area contributed by atoms with Crippen molar-refractivity contribution in [2.45, 2.75) is 6.16 Å². The Bertz CT molecular complexity index is 2150. The molecule has 0 aliphatic rings. The molecule has 0 saturated carbocycles. The van der Waals surface area contributed by atoms with Crippen LogP contribution in [-0.2, 0) is 6.16 Å². The summed E-state index contributed by atoms with van der Waals surface area (Å²) in [6.07, 6.45) is 0.921. The Balaban J connectivity index is 1.88. The summed E-state index contributed by atoms with van der Waals surface area (Å²) < 4.78 is 0. The van der Waals surface area contributed by atoms with E-state index in [1.165, 1.54) is 81.2 Å². The number of aromatic nitrogens is 1. The lowest BCUT2D eigenvalue weighted by molar-refractivity contribution is 1.50. The molecule has 0 aliphatic heterocycles. The quantitative estimate of drug-likeness (QED) is 0.184. The molecule has 0 amide bonds. The van der Waals surface area contributed by atoms with Gasteiger partial charge in [0.2, 0.25) is 0 Å². The van der Waals surface area contributed by atoms with Crippen LogP contribution in [0.25, 0.3) is 75.7 Å². The lowest BCUT2D eigenvalue weighted by Gasteiger charge is -2.18. The number of aromatic amines is 1. The van der Waals surface area contributed by atoms with E-state index in [2.05, 4.69) is 117 Å². The minimum Gasteiger partial charge on any atom is -0.354 e. The first-order chi connectivity index (χ1) is 17.3. The molecule has 8 aromatic rings. The molecule has 8 rings (SSSR count). The van der Waals surface area contributed by atoms with Crippen LogP contribution < -0.4 is 0 Å². The van der Waals surface area contributed by atoms with Crippen LogP contribution in [0.2, 0.25) is 0 Å². The molecule has 1 unspecified atom stereocenters. The van der Waals surface area contributed by atoms with Gasteiger partial charge in [0, 0.05) is 27.1 Å². The highest BCUT2D eigenvalue weighted by Gasteiger charge is 2.21. The first-order valence-electron chi connectivity index (χ1n) is 12.1. The molecule has 2 heteroatoms. The summed E-state index contributed by atoms with van der Waals surface area (Å²) in [5, 5.41) is 16.0. The molecule has 0 spiro atoms. The molecular weight excluding hydrogens is 441 g/mol. The third-order valence-corrected chi connectivity index (χ3v) is 8.18. The zero-order chi connectivity index (χ0) is 23.1. The number of rotatable bonds is 1. The summed E-state index contributed by atoms with van der Waals surface area (Å²) in [5.74, 6) is 0. The molecule has 1 nitrogen and oxygen atoms in total. The van der Waals surface area contributed by atoms with Crippen LogP contribution in [-0.4, -0.2) is 4.98 Å². The van der Waals surface area contributed by atoms with Gasteiger partial charge >= 0.3 is 0 Å². The Morgan fingerprint density at radius 2 is 1.00 bits per heavy atom. The third kappa shape index (κ3) is 2.46. The van der Waals surface area contributed by atoms with Crippen LogP contribution in [0.15, 0.2) is 103 Å². The fourth-order valence-electron chi connectivity index (χ4n) is 6.36. The zero-order valence-electron chi connectivity index (χ0n) is 19.1. The lowest BCUT2D eigenvalue weighted by Crippen LogP contribution is -1.92. The van der Waals surface area contributed by atoms with Gasteiger partial charge in [-0.05, 0) is 60.9 Å². The minimum atomic E-state index is 0.921. The highest BCUT2D eigenvalue weighted by atomic mass is 31.0. The third-order valence-electron chi connectivity index (χ3n) is 7.74. The average molecular weight is 464 g/mol. The number of benzene rings is 7. The van der Waals surface area contributed by atoms with Crippen LogP contribution in [0, 0.1) is 0 Å². The minimum absolute atomic E-state index is 0.921. The second-order valence-corrected chi connectivity index (χ2v) is 9.88. The maximum atomic E-state index is 3.78. The van der Waals surface area contributed by atoms with Crippen molar-refractivity contribution < 1.29 is 0 Å². The van der Waals surface area contributed by atoms with E-state index in [-0.39, 0.29) is 0 Å². The van der Waals surface area contributed by atoms with Gasteiger partial charge in [-0.2, -0.15) is 0 Å². The smallest absolute Gasteiger partial charge is 0.0551 e. The van der Waals surface area contributed by atoms with Gasteiger partial charge in [0.05, 0.1) is 5.52 Å². The molecule has 1 aromatic heterocycles. The van der Waals surface area contributed by atoms with Gasteiger partial charge in [-0.1, -0.05) is 97.1 Å². The number of nitrogens with one attached hydrogen (secondary N) is 1. The molecule has 0 fully saturated rings. The van der Waals surface area contributed by atoms with E-state index in [0.717, 1.165) is 6.16 Å². The maximum absolute atomic E-state index is 3.78. The highest BCUT2D eigenvalue weighted by molar-refractivity contribution is 7.15. The monoisotopic (exact) mass is 463 g/mol. The summed E-state index contributed by atoms with van der Waals surface area (Å²) in [4.78, 5) is 3.78. The molecular formula is C33H22NP. The summed E-state index contributed by atoms with van der Waals surface area (Å²) >= 11 is 0. The van der Waals surface area contributed by atoms with Gasteiger partial charge < -0.3 is 4.98 Å². The van der Waals surface area contributed by atoms with E-state index in [0.29, 0.717) is 0 Å². The normalized spacial score (nSPS) is 12.3. The Hall–Kier alpha value is -3.93. The zero-order valence-corrected chi connectivity index (χ0v) is 20.3. The van der Waals surface area contributed by atoms with E-state index >= 15 is 0 Å². The second kappa shape index (κ2) is 7.04. The van der Waals surface area contributed by atoms with Crippen molar-refractivity contribution in [2.24, 2.45) is 0 Å². The molecule has 0 aliphatic carbocycles. The molecule has 35 heavy (non-hydrogen) atoms. The molecule has 0 saturated heterocycles. The first kappa shape index (κ1) is 19.4. The first-order valence-corrected chi connectivity index (χ1v) is 13.0. The fraction of sp³-hybridized carbons (Fsp3) is 0.0303. The van der Waals surface area contributed by atoms with Gasteiger partial charge in [-0.15, -0.1) is 9.24 Å². The molecule has 164 valence electrons. The summed E-state index contributed by atoms with van der Waals surface area (Å²) in [6.45, 7) is 0. The predicted octanol–water partition coefficient (Wildman–Crippen LogP) is 9.46. The second-order valence-electron chi connectivity index (χ2n) is 9.47. The predicted molar refractivity (Wildman–Crippen MR) is 157 cm³/mol. The Morgan fingerprint density at radius 3 is 1.74 bits per heavy atom. The van der Waals surface area contributed by atoms with E-state index < -0.39 is 0 Å². The van der Waals surface area contributed by atoms with Gasteiger partial charge in [0.15, 0.2) is 0 Å². The number of hydrogen-bond donors (Lipinski definition) is 1. The van der Waals surface area contributed by atoms with Crippen LogP contribution in [0.1, 0.15) is 5.56 Å². The SMILES string of the molecule is PCc1cc2ccccc2c2c1c1ccccc1c1c3c4ccccc4[nH]c3c3ccccc3c21. The molecule has 0 bridgehead atoms. The van der Waals surface area contributed by atoms with E-state index in [9.17, 15) is 0 Å². The van der Waals surface area contributed by atoms with E-state index in [4.69, 9.17) is 0 Å². The van der Waals surface area contributed by atoms with Crippen molar-refractivity contribution in [1.82, 2.24) is 4.98 Å². The van der Waals surface area contributed by atoms with Gasteiger partial charge in [-0.3, -0.25) is 0 Å². The molecule has 0 radical (unpaired) electrons. The van der Waals surface area contributed by atoms with Gasteiger partial charge in [-0.25, -0.2) is 0 Å². The van der Waals surface area contributed by atoms with Gasteiger partial charge in [0.25, 0.3) is 0 Å². The van der Waals surface area contributed by atoms with Crippen LogP contribution in [0.3, 0.4) is 0 Å². The number of para-hydroxylation sites is 1. The number of fused-ring (bicyclic) bond motifs is 15. The Kier molecular flexibility index (Phi) is 3.90. The standard InChI is InChI=1S/C33H22NP/c35-18-20-17-19-9-1-2-10-21(19)29-28(20)22-11-3-4-12-23(22)31-30(29)24-13-5-6-14-25(24)33-32(31)26-15-7-8-16-27(26)34-33/h1-17,34H,18,35H2. The van der Waals surface area contributed by atoms with Crippen molar-refractivity contribution in [3.63, 3.8) is 0 Å². The van der Waals surface area contributed by atoms with Crippen molar-refractivity contribution in [3.05, 3.63) is 109 Å².